The summed E-state index contributed by atoms with van der Waals surface area (Å²) in [5.74, 6) is 0.624. The minimum atomic E-state index is -0.0814. The van der Waals surface area contributed by atoms with Crippen LogP contribution in [-0.2, 0) is 4.79 Å². The zero-order chi connectivity index (χ0) is 14.7. The van der Waals surface area contributed by atoms with Crippen molar-refractivity contribution < 1.29 is 4.79 Å². The number of hydrogen-bond donors (Lipinski definition) is 1. The first-order chi connectivity index (χ1) is 9.49. The van der Waals surface area contributed by atoms with E-state index in [2.05, 4.69) is 17.1 Å². The predicted molar refractivity (Wildman–Crippen MR) is 84.9 cm³/mol. The molecule has 110 valence electrons. The van der Waals surface area contributed by atoms with E-state index in [0.717, 1.165) is 25.9 Å². The van der Waals surface area contributed by atoms with Crippen LogP contribution in [0.25, 0.3) is 0 Å². The van der Waals surface area contributed by atoms with Gasteiger partial charge in [0, 0.05) is 6.54 Å². The maximum absolute atomic E-state index is 12.0. The second kappa shape index (κ2) is 6.99. The van der Waals surface area contributed by atoms with Crippen molar-refractivity contribution in [2.24, 2.45) is 5.92 Å². The normalized spacial score (nSPS) is 19.3. The molecule has 1 aromatic rings. The van der Waals surface area contributed by atoms with Gasteiger partial charge in [-0.25, -0.2) is 0 Å². The number of rotatable bonds is 4. The average molecular weight is 336 g/mol. The topological polar surface area (TPSA) is 32.3 Å². The number of benzene rings is 1. The molecular formula is C14H17Cl3N2O. The molecule has 3 nitrogen and oxygen atoms in total. The van der Waals surface area contributed by atoms with Crippen LogP contribution in [0.1, 0.15) is 19.8 Å². The first-order valence-electron chi connectivity index (χ1n) is 6.66. The SMILES string of the molecule is CCC1CCN(CC(=O)Nc2cc(Cl)c(Cl)cc2Cl)C1. The Kier molecular flexibility index (Phi) is 5.56. The van der Waals surface area contributed by atoms with E-state index in [4.69, 9.17) is 34.8 Å². The highest BCUT2D eigenvalue weighted by Gasteiger charge is 2.22. The van der Waals surface area contributed by atoms with Crippen molar-refractivity contribution in [3.05, 3.63) is 27.2 Å². The Morgan fingerprint density at radius 3 is 2.65 bits per heavy atom. The number of carbonyl (C=O) groups excluding carboxylic acids is 1. The molecule has 20 heavy (non-hydrogen) atoms. The number of nitrogens with zero attached hydrogens (tertiary/aromatic N) is 1. The average Bonchev–Trinajstić information content (AvgIpc) is 2.83. The Morgan fingerprint density at radius 1 is 1.30 bits per heavy atom. The van der Waals surface area contributed by atoms with Crippen LogP contribution in [0.5, 0.6) is 0 Å². The standard InChI is InChI=1S/C14H17Cl3N2O/c1-2-9-3-4-19(7-9)8-14(20)18-13-6-11(16)10(15)5-12(13)17/h5-6,9H,2-4,7-8H2,1H3,(H,18,20). The lowest BCUT2D eigenvalue weighted by Gasteiger charge is -2.16. The van der Waals surface area contributed by atoms with Gasteiger partial charge in [-0.15, -0.1) is 0 Å². The van der Waals surface area contributed by atoms with E-state index < -0.39 is 0 Å². The van der Waals surface area contributed by atoms with Crippen molar-refractivity contribution in [2.45, 2.75) is 19.8 Å². The number of hydrogen-bond acceptors (Lipinski definition) is 2. The molecule has 1 amide bonds. The van der Waals surface area contributed by atoms with E-state index in [1.54, 1.807) is 6.07 Å². The lowest BCUT2D eigenvalue weighted by molar-refractivity contribution is -0.117. The molecule has 0 aromatic heterocycles. The third-order valence-electron chi connectivity index (χ3n) is 3.60. The minimum Gasteiger partial charge on any atom is -0.324 e. The molecule has 0 saturated carbocycles. The Morgan fingerprint density at radius 2 is 2.00 bits per heavy atom. The zero-order valence-corrected chi connectivity index (χ0v) is 13.5. The van der Waals surface area contributed by atoms with Crippen molar-refractivity contribution in [2.75, 3.05) is 25.0 Å². The molecule has 0 bridgehead atoms. The van der Waals surface area contributed by atoms with Crippen LogP contribution in [0.4, 0.5) is 5.69 Å². The van der Waals surface area contributed by atoms with Crippen LogP contribution >= 0.6 is 34.8 Å². The molecule has 1 aliphatic rings. The molecule has 1 fully saturated rings. The second-order valence-electron chi connectivity index (χ2n) is 5.09. The molecule has 1 heterocycles. The van der Waals surface area contributed by atoms with E-state index in [-0.39, 0.29) is 5.91 Å². The van der Waals surface area contributed by atoms with Gasteiger partial charge in [-0.2, -0.15) is 0 Å². The summed E-state index contributed by atoms with van der Waals surface area (Å²) in [6.07, 6.45) is 2.33. The Labute approximate surface area is 134 Å². The van der Waals surface area contributed by atoms with E-state index in [1.165, 1.54) is 6.07 Å². The van der Waals surface area contributed by atoms with E-state index >= 15 is 0 Å². The van der Waals surface area contributed by atoms with Gasteiger partial charge < -0.3 is 5.32 Å². The van der Waals surface area contributed by atoms with Gasteiger partial charge in [-0.3, -0.25) is 9.69 Å². The second-order valence-corrected chi connectivity index (χ2v) is 6.31. The van der Waals surface area contributed by atoms with Crippen LogP contribution in [-0.4, -0.2) is 30.4 Å². The summed E-state index contributed by atoms with van der Waals surface area (Å²) in [7, 11) is 0. The maximum Gasteiger partial charge on any atom is 0.238 e. The van der Waals surface area contributed by atoms with Crippen molar-refractivity contribution in [3.8, 4) is 0 Å². The minimum absolute atomic E-state index is 0.0814. The summed E-state index contributed by atoms with van der Waals surface area (Å²) in [4.78, 5) is 14.2. The molecular weight excluding hydrogens is 319 g/mol. The van der Waals surface area contributed by atoms with E-state index in [1.807, 2.05) is 0 Å². The van der Waals surface area contributed by atoms with Crippen molar-refractivity contribution in [1.82, 2.24) is 4.90 Å². The van der Waals surface area contributed by atoms with Crippen molar-refractivity contribution >= 4 is 46.4 Å². The summed E-state index contributed by atoms with van der Waals surface area (Å²) < 4.78 is 0. The van der Waals surface area contributed by atoms with Gasteiger partial charge in [0.2, 0.25) is 5.91 Å². The van der Waals surface area contributed by atoms with Crippen LogP contribution in [0.15, 0.2) is 12.1 Å². The monoisotopic (exact) mass is 334 g/mol. The third-order valence-corrected chi connectivity index (χ3v) is 4.63. The molecule has 0 spiro atoms. The van der Waals surface area contributed by atoms with Crippen molar-refractivity contribution in [3.63, 3.8) is 0 Å². The van der Waals surface area contributed by atoms with Gasteiger partial charge in [-0.05, 0) is 31.0 Å². The molecule has 1 atom stereocenters. The molecule has 2 rings (SSSR count). The van der Waals surface area contributed by atoms with Crippen LogP contribution in [0.3, 0.4) is 0 Å². The molecule has 1 unspecified atom stereocenters. The summed E-state index contributed by atoms with van der Waals surface area (Å²) in [5.41, 5.74) is 0.498. The smallest absolute Gasteiger partial charge is 0.238 e. The maximum atomic E-state index is 12.0. The van der Waals surface area contributed by atoms with E-state index in [0.29, 0.717) is 33.2 Å². The van der Waals surface area contributed by atoms with Gasteiger partial charge in [0.15, 0.2) is 0 Å². The fourth-order valence-corrected chi connectivity index (χ4v) is 2.99. The number of amides is 1. The fourth-order valence-electron chi connectivity index (χ4n) is 2.40. The number of nitrogens with one attached hydrogen (secondary N) is 1. The van der Waals surface area contributed by atoms with Crippen LogP contribution < -0.4 is 5.32 Å². The molecule has 1 N–H and O–H groups in total. The molecule has 1 aliphatic heterocycles. The first-order valence-corrected chi connectivity index (χ1v) is 7.79. The van der Waals surface area contributed by atoms with Crippen LogP contribution in [0.2, 0.25) is 15.1 Å². The molecule has 0 radical (unpaired) electrons. The summed E-state index contributed by atoms with van der Waals surface area (Å²) >= 11 is 17.8. The quantitative estimate of drug-likeness (QED) is 0.831. The summed E-state index contributed by atoms with van der Waals surface area (Å²) in [5, 5.41) is 3.92. The Bertz CT molecular complexity index is 507. The van der Waals surface area contributed by atoms with Gasteiger partial charge in [-0.1, -0.05) is 48.1 Å². The first kappa shape index (κ1) is 15.9. The molecule has 6 heteroatoms. The van der Waals surface area contributed by atoms with Gasteiger partial charge in [0.1, 0.15) is 0 Å². The highest BCUT2D eigenvalue weighted by molar-refractivity contribution is 6.44. The van der Waals surface area contributed by atoms with Gasteiger partial charge >= 0.3 is 0 Å². The van der Waals surface area contributed by atoms with E-state index in [9.17, 15) is 4.79 Å². The number of likely N-dealkylation sites (tertiary alicyclic amines) is 1. The number of carbonyl (C=O) groups is 1. The highest BCUT2D eigenvalue weighted by atomic mass is 35.5. The predicted octanol–water partition coefficient (Wildman–Crippen LogP) is 4.32. The Hall–Kier alpha value is -0.480. The Balaban J connectivity index is 1.93. The fraction of sp³-hybridized carbons (Fsp3) is 0.500. The molecule has 1 saturated heterocycles. The zero-order valence-electron chi connectivity index (χ0n) is 11.3. The van der Waals surface area contributed by atoms with Crippen LogP contribution in [0, 0.1) is 5.92 Å². The molecule has 0 aliphatic carbocycles. The largest absolute Gasteiger partial charge is 0.324 e. The third kappa shape index (κ3) is 4.01. The number of halogens is 3. The summed E-state index contributed by atoms with van der Waals surface area (Å²) in [6, 6.07) is 3.10. The van der Waals surface area contributed by atoms with Gasteiger partial charge in [0.05, 0.1) is 27.3 Å². The lowest BCUT2D eigenvalue weighted by Crippen LogP contribution is -2.31. The summed E-state index contributed by atoms with van der Waals surface area (Å²) in [6.45, 7) is 4.52. The lowest BCUT2D eigenvalue weighted by atomic mass is 10.1. The van der Waals surface area contributed by atoms with Crippen molar-refractivity contribution in [1.29, 1.82) is 0 Å². The van der Waals surface area contributed by atoms with Gasteiger partial charge in [0.25, 0.3) is 0 Å². The molecule has 1 aromatic carbocycles. The highest BCUT2D eigenvalue weighted by Crippen LogP contribution is 2.32. The number of anilines is 1.